The van der Waals surface area contributed by atoms with Crippen molar-refractivity contribution >= 4 is 34.3 Å². The van der Waals surface area contributed by atoms with Gasteiger partial charge in [0.2, 0.25) is 5.91 Å². The summed E-state index contributed by atoms with van der Waals surface area (Å²) < 4.78 is 6.11. The summed E-state index contributed by atoms with van der Waals surface area (Å²) in [7, 11) is 1.64. The van der Waals surface area contributed by atoms with Crippen LogP contribution in [-0.4, -0.2) is 24.1 Å². The van der Waals surface area contributed by atoms with Crippen molar-refractivity contribution in [2.75, 3.05) is 12.4 Å². The zero-order chi connectivity index (χ0) is 12.0. The lowest BCUT2D eigenvalue weighted by atomic mass is 10.2. The molecule has 16 heavy (non-hydrogen) atoms. The number of methoxy groups -OCH3 is 1. The summed E-state index contributed by atoms with van der Waals surface area (Å²) in [5.41, 5.74) is 0. The molecule has 0 aromatic carbocycles. The van der Waals surface area contributed by atoms with Crippen LogP contribution in [0, 0.1) is 3.57 Å². The van der Waals surface area contributed by atoms with E-state index >= 15 is 0 Å². The molecule has 0 bridgehead atoms. The van der Waals surface area contributed by atoms with Gasteiger partial charge in [-0.2, -0.15) is 0 Å². The van der Waals surface area contributed by atoms with Crippen molar-refractivity contribution in [2.45, 2.75) is 25.9 Å². The molecule has 5 heteroatoms. The Labute approximate surface area is 109 Å². The Morgan fingerprint density at radius 3 is 2.94 bits per heavy atom. The number of ether oxygens (including phenoxy) is 1. The van der Waals surface area contributed by atoms with Gasteiger partial charge in [-0.05, 0) is 48.1 Å². The molecular weight excluding hydrogens is 319 g/mol. The molecule has 0 spiro atoms. The summed E-state index contributed by atoms with van der Waals surface area (Å²) in [6, 6.07) is 3.69. The second-order valence-electron chi connectivity index (χ2n) is 3.49. The maximum Gasteiger partial charge on any atom is 0.225 e. The molecule has 0 saturated heterocycles. The zero-order valence-electron chi connectivity index (χ0n) is 9.37. The van der Waals surface area contributed by atoms with Crippen LogP contribution in [0.5, 0.6) is 0 Å². The van der Waals surface area contributed by atoms with Crippen molar-refractivity contribution in [1.82, 2.24) is 4.98 Å². The molecule has 1 atom stereocenters. The van der Waals surface area contributed by atoms with Gasteiger partial charge >= 0.3 is 0 Å². The molecule has 0 radical (unpaired) electrons. The van der Waals surface area contributed by atoms with Crippen LogP contribution in [0.1, 0.15) is 19.8 Å². The molecule has 1 unspecified atom stereocenters. The van der Waals surface area contributed by atoms with Crippen LogP contribution in [0.3, 0.4) is 0 Å². The van der Waals surface area contributed by atoms with Gasteiger partial charge in [0.1, 0.15) is 5.82 Å². The predicted molar refractivity (Wildman–Crippen MR) is 71.3 cm³/mol. The Kier molecular flexibility index (Phi) is 5.68. The lowest BCUT2D eigenvalue weighted by molar-refractivity contribution is -0.116. The van der Waals surface area contributed by atoms with E-state index < -0.39 is 0 Å². The molecule has 0 aliphatic carbocycles. The molecule has 4 nitrogen and oxygen atoms in total. The molecular formula is C11H15IN2O2. The van der Waals surface area contributed by atoms with Crippen LogP contribution >= 0.6 is 22.6 Å². The fourth-order valence-corrected chi connectivity index (χ4v) is 1.43. The number of hydrogen-bond donors (Lipinski definition) is 1. The van der Waals surface area contributed by atoms with Crippen LogP contribution < -0.4 is 5.32 Å². The second-order valence-corrected chi connectivity index (χ2v) is 4.74. The number of carbonyl (C=O) groups is 1. The Bertz CT molecular complexity index is 340. The van der Waals surface area contributed by atoms with Gasteiger partial charge in [0.25, 0.3) is 0 Å². The molecule has 0 fully saturated rings. The first-order valence-electron chi connectivity index (χ1n) is 5.06. The molecule has 1 N–H and O–H groups in total. The Balaban J connectivity index is 2.37. The Morgan fingerprint density at radius 2 is 2.38 bits per heavy atom. The normalized spacial score (nSPS) is 12.2. The highest BCUT2D eigenvalue weighted by Gasteiger charge is 2.06. The number of hydrogen-bond acceptors (Lipinski definition) is 3. The molecule has 0 aliphatic heterocycles. The number of rotatable bonds is 5. The van der Waals surface area contributed by atoms with Crippen molar-refractivity contribution in [3.63, 3.8) is 0 Å². The summed E-state index contributed by atoms with van der Waals surface area (Å²) in [6.45, 7) is 1.94. The maximum atomic E-state index is 11.5. The first-order chi connectivity index (χ1) is 7.61. The molecule has 0 aliphatic rings. The van der Waals surface area contributed by atoms with Gasteiger partial charge in [-0.3, -0.25) is 4.79 Å². The fraction of sp³-hybridized carbons (Fsp3) is 0.455. The van der Waals surface area contributed by atoms with E-state index in [1.807, 2.05) is 13.0 Å². The van der Waals surface area contributed by atoms with Crippen molar-refractivity contribution in [3.05, 3.63) is 21.9 Å². The summed E-state index contributed by atoms with van der Waals surface area (Å²) in [5, 5.41) is 2.74. The van der Waals surface area contributed by atoms with Crippen molar-refractivity contribution < 1.29 is 9.53 Å². The summed E-state index contributed by atoms with van der Waals surface area (Å²) in [5.74, 6) is 0.563. The Hall–Kier alpha value is -0.690. The van der Waals surface area contributed by atoms with Crippen LogP contribution in [0.2, 0.25) is 0 Å². The van der Waals surface area contributed by atoms with E-state index in [9.17, 15) is 4.79 Å². The van der Waals surface area contributed by atoms with Gasteiger partial charge in [0.05, 0.1) is 6.10 Å². The van der Waals surface area contributed by atoms with Crippen LogP contribution in [0.4, 0.5) is 5.82 Å². The van der Waals surface area contributed by atoms with Crippen molar-refractivity contribution in [3.8, 4) is 0 Å². The number of nitrogens with zero attached hydrogens (tertiary/aromatic N) is 1. The number of nitrogens with one attached hydrogen (secondary N) is 1. The lowest BCUT2D eigenvalue weighted by Gasteiger charge is -2.08. The topological polar surface area (TPSA) is 51.2 Å². The van der Waals surface area contributed by atoms with Gasteiger partial charge < -0.3 is 10.1 Å². The first kappa shape index (κ1) is 13.4. The quantitative estimate of drug-likeness (QED) is 0.842. The molecule has 0 saturated carbocycles. The molecule has 1 rings (SSSR count). The average molecular weight is 334 g/mol. The average Bonchev–Trinajstić information content (AvgIpc) is 2.29. The van der Waals surface area contributed by atoms with E-state index in [0.29, 0.717) is 18.7 Å². The van der Waals surface area contributed by atoms with E-state index in [4.69, 9.17) is 4.74 Å². The van der Waals surface area contributed by atoms with E-state index in [0.717, 1.165) is 3.57 Å². The van der Waals surface area contributed by atoms with Gasteiger partial charge in [-0.25, -0.2) is 4.98 Å². The smallest absolute Gasteiger partial charge is 0.225 e. The minimum atomic E-state index is -0.0300. The number of aromatic nitrogens is 1. The number of pyridine rings is 1. The standard InChI is InChI=1S/C11H15IN2O2/c1-8(16-2)3-6-11(15)14-10-5-4-9(12)7-13-10/h4-5,7-8H,3,6H2,1-2H3,(H,13,14,15). The van der Waals surface area contributed by atoms with Crippen LogP contribution in [0.25, 0.3) is 0 Å². The molecule has 88 valence electrons. The first-order valence-corrected chi connectivity index (χ1v) is 6.14. The number of halogens is 1. The number of carbonyl (C=O) groups excluding carboxylic acids is 1. The third-order valence-electron chi connectivity index (χ3n) is 2.18. The maximum absolute atomic E-state index is 11.5. The molecule has 1 heterocycles. The highest BCUT2D eigenvalue weighted by atomic mass is 127. The van der Waals surface area contributed by atoms with Gasteiger partial charge in [0.15, 0.2) is 0 Å². The fourth-order valence-electron chi connectivity index (χ4n) is 1.11. The number of anilines is 1. The predicted octanol–water partition coefficient (Wildman–Crippen LogP) is 2.44. The zero-order valence-corrected chi connectivity index (χ0v) is 11.5. The number of amides is 1. The molecule has 1 aromatic rings. The second kappa shape index (κ2) is 6.80. The SMILES string of the molecule is COC(C)CCC(=O)Nc1ccc(I)cn1. The molecule has 1 amide bonds. The van der Waals surface area contributed by atoms with E-state index in [1.165, 1.54) is 0 Å². The Morgan fingerprint density at radius 1 is 1.62 bits per heavy atom. The lowest BCUT2D eigenvalue weighted by Crippen LogP contribution is -2.15. The highest BCUT2D eigenvalue weighted by molar-refractivity contribution is 14.1. The monoisotopic (exact) mass is 334 g/mol. The highest BCUT2D eigenvalue weighted by Crippen LogP contribution is 2.08. The van der Waals surface area contributed by atoms with Gasteiger partial charge in [0, 0.05) is 23.3 Å². The third kappa shape index (κ3) is 4.89. The summed E-state index contributed by atoms with van der Waals surface area (Å²) in [6.07, 6.45) is 2.99. The summed E-state index contributed by atoms with van der Waals surface area (Å²) >= 11 is 2.17. The summed E-state index contributed by atoms with van der Waals surface area (Å²) in [4.78, 5) is 15.6. The minimum Gasteiger partial charge on any atom is -0.382 e. The van der Waals surface area contributed by atoms with Gasteiger partial charge in [-0.15, -0.1) is 0 Å². The minimum absolute atomic E-state index is 0.0300. The van der Waals surface area contributed by atoms with Crippen molar-refractivity contribution in [1.29, 1.82) is 0 Å². The third-order valence-corrected chi connectivity index (χ3v) is 2.81. The van der Waals surface area contributed by atoms with E-state index in [2.05, 4.69) is 32.9 Å². The van der Waals surface area contributed by atoms with E-state index in [1.54, 1.807) is 19.4 Å². The van der Waals surface area contributed by atoms with Crippen LogP contribution in [0.15, 0.2) is 18.3 Å². The van der Waals surface area contributed by atoms with Gasteiger partial charge in [-0.1, -0.05) is 0 Å². The molecule has 1 aromatic heterocycles. The van der Waals surface area contributed by atoms with Crippen LogP contribution in [-0.2, 0) is 9.53 Å². The van der Waals surface area contributed by atoms with Crippen molar-refractivity contribution in [2.24, 2.45) is 0 Å². The largest absolute Gasteiger partial charge is 0.382 e. The van der Waals surface area contributed by atoms with E-state index in [-0.39, 0.29) is 12.0 Å².